The van der Waals surface area contributed by atoms with Crippen LogP contribution in [0.15, 0.2) is 24.3 Å². The standard InChI is InChI=1S/C17H28N2O2/c1-13(2)21-15-8-6-14(7-9-15)17(18)12-19(3)11-16-5-4-10-20-16/h6-9,13,16-17H,4-5,10-12,18H2,1-3H3. The summed E-state index contributed by atoms with van der Waals surface area (Å²) in [5.74, 6) is 0.897. The Kier molecular flexibility index (Phi) is 6.03. The Balaban J connectivity index is 1.82. The molecule has 1 aliphatic rings. The smallest absolute Gasteiger partial charge is 0.119 e. The van der Waals surface area contributed by atoms with Crippen molar-refractivity contribution >= 4 is 0 Å². The Labute approximate surface area is 128 Å². The maximum atomic E-state index is 6.30. The van der Waals surface area contributed by atoms with E-state index in [1.165, 1.54) is 12.8 Å². The Morgan fingerprint density at radius 3 is 2.62 bits per heavy atom. The summed E-state index contributed by atoms with van der Waals surface area (Å²) in [5, 5.41) is 0. The van der Waals surface area contributed by atoms with Gasteiger partial charge in [0, 0.05) is 25.7 Å². The summed E-state index contributed by atoms with van der Waals surface area (Å²) in [6.07, 6.45) is 2.92. The lowest BCUT2D eigenvalue weighted by atomic mass is 10.1. The lowest BCUT2D eigenvalue weighted by Gasteiger charge is -2.24. The van der Waals surface area contributed by atoms with Crippen LogP contribution in [-0.4, -0.2) is 43.9 Å². The maximum Gasteiger partial charge on any atom is 0.119 e. The van der Waals surface area contributed by atoms with Gasteiger partial charge in [-0.2, -0.15) is 0 Å². The minimum atomic E-state index is 0.0181. The molecule has 0 aromatic heterocycles. The number of benzene rings is 1. The van der Waals surface area contributed by atoms with Crippen molar-refractivity contribution < 1.29 is 9.47 Å². The monoisotopic (exact) mass is 292 g/mol. The van der Waals surface area contributed by atoms with Gasteiger partial charge in [0.2, 0.25) is 0 Å². The second-order valence-electron chi connectivity index (χ2n) is 6.20. The van der Waals surface area contributed by atoms with E-state index in [1.54, 1.807) is 0 Å². The molecule has 2 rings (SSSR count). The Morgan fingerprint density at radius 2 is 2.05 bits per heavy atom. The molecule has 0 saturated carbocycles. The summed E-state index contributed by atoms with van der Waals surface area (Å²) in [5.41, 5.74) is 7.44. The fraction of sp³-hybridized carbons (Fsp3) is 0.647. The number of nitrogens with two attached hydrogens (primary N) is 1. The first-order chi connectivity index (χ1) is 10.0. The molecule has 21 heavy (non-hydrogen) atoms. The molecule has 1 aromatic rings. The minimum Gasteiger partial charge on any atom is -0.491 e. The van der Waals surface area contributed by atoms with Crippen molar-refractivity contribution in [2.75, 3.05) is 26.7 Å². The molecule has 0 radical (unpaired) electrons. The van der Waals surface area contributed by atoms with E-state index in [4.69, 9.17) is 15.2 Å². The molecule has 2 unspecified atom stereocenters. The molecule has 0 aliphatic carbocycles. The number of ether oxygens (including phenoxy) is 2. The van der Waals surface area contributed by atoms with Crippen LogP contribution in [-0.2, 0) is 4.74 Å². The molecular formula is C17H28N2O2. The molecule has 0 amide bonds. The van der Waals surface area contributed by atoms with Crippen molar-refractivity contribution in [3.8, 4) is 5.75 Å². The second-order valence-corrected chi connectivity index (χ2v) is 6.20. The third kappa shape index (κ3) is 5.30. The zero-order valence-electron chi connectivity index (χ0n) is 13.4. The number of rotatable bonds is 7. The lowest BCUT2D eigenvalue weighted by Crippen LogP contribution is -2.34. The third-order valence-electron chi connectivity index (χ3n) is 3.73. The number of hydrogen-bond donors (Lipinski definition) is 1. The highest BCUT2D eigenvalue weighted by atomic mass is 16.5. The highest BCUT2D eigenvalue weighted by Crippen LogP contribution is 2.19. The molecule has 0 spiro atoms. The van der Waals surface area contributed by atoms with Gasteiger partial charge in [0.05, 0.1) is 12.2 Å². The lowest BCUT2D eigenvalue weighted by molar-refractivity contribution is 0.0796. The van der Waals surface area contributed by atoms with Crippen LogP contribution in [0.2, 0.25) is 0 Å². The van der Waals surface area contributed by atoms with Crippen LogP contribution in [0.25, 0.3) is 0 Å². The molecule has 4 heteroatoms. The van der Waals surface area contributed by atoms with E-state index in [0.717, 1.165) is 31.0 Å². The zero-order valence-corrected chi connectivity index (χ0v) is 13.4. The van der Waals surface area contributed by atoms with E-state index in [1.807, 2.05) is 26.0 Å². The largest absolute Gasteiger partial charge is 0.491 e. The van der Waals surface area contributed by atoms with Gasteiger partial charge in [0.1, 0.15) is 5.75 Å². The summed E-state index contributed by atoms with van der Waals surface area (Å²) in [6, 6.07) is 8.12. The van der Waals surface area contributed by atoms with Crippen molar-refractivity contribution in [2.24, 2.45) is 5.73 Å². The summed E-state index contributed by atoms with van der Waals surface area (Å²) < 4.78 is 11.3. The minimum absolute atomic E-state index is 0.0181. The Morgan fingerprint density at radius 1 is 1.33 bits per heavy atom. The molecule has 1 saturated heterocycles. The number of nitrogens with zero attached hydrogens (tertiary/aromatic N) is 1. The van der Waals surface area contributed by atoms with Gasteiger partial charge < -0.3 is 20.1 Å². The maximum absolute atomic E-state index is 6.30. The molecule has 2 N–H and O–H groups in total. The molecule has 1 aromatic carbocycles. The summed E-state index contributed by atoms with van der Waals surface area (Å²) in [4.78, 5) is 2.26. The fourth-order valence-corrected chi connectivity index (χ4v) is 2.72. The predicted octanol–water partition coefficient (Wildman–Crippen LogP) is 2.58. The topological polar surface area (TPSA) is 47.7 Å². The predicted molar refractivity (Wildman–Crippen MR) is 85.6 cm³/mol. The van der Waals surface area contributed by atoms with Crippen LogP contribution in [0, 0.1) is 0 Å². The van der Waals surface area contributed by atoms with Crippen LogP contribution in [0.3, 0.4) is 0 Å². The average molecular weight is 292 g/mol. The van der Waals surface area contributed by atoms with Gasteiger partial charge in [0.25, 0.3) is 0 Å². The van der Waals surface area contributed by atoms with Crippen LogP contribution in [0.1, 0.15) is 38.3 Å². The van der Waals surface area contributed by atoms with Crippen LogP contribution in [0.5, 0.6) is 5.75 Å². The molecule has 1 fully saturated rings. The summed E-state index contributed by atoms with van der Waals surface area (Å²) in [6.45, 7) is 6.76. The first-order valence-corrected chi connectivity index (χ1v) is 7.87. The summed E-state index contributed by atoms with van der Waals surface area (Å²) in [7, 11) is 2.11. The molecule has 118 valence electrons. The van der Waals surface area contributed by atoms with Gasteiger partial charge in [0.15, 0.2) is 0 Å². The van der Waals surface area contributed by atoms with Crippen LogP contribution >= 0.6 is 0 Å². The van der Waals surface area contributed by atoms with E-state index >= 15 is 0 Å². The molecule has 4 nitrogen and oxygen atoms in total. The highest BCUT2D eigenvalue weighted by Gasteiger charge is 2.18. The van der Waals surface area contributed by atoms with Crippen LogP contribution in [0.4, 0.5) is 0 Å². The molecular weight excluding hydrogens is 264 g/mol. The van der Waals surface area contributed by atoms with Crippen LogP contribution < -0.4 is 10.5 Å². The zero-order chi connectivity index (χ0) is 15.2. The SMILES string of the molecule is CC(C)Oc1ccc(C(N)CN(C)CC2CCCO2)cc1. The highest BCUT2D eigenvalue weighted by molar-refractivity contribution is 5.29. The van der Waals surface area contributed by atoms with Gasteiger partial charge in [-0.25, -0.2) is 0 Å². The van der Waals surface area contributed by atoms with Gasteiger partial charge in [-0.3, -0.25) is 0 Å². The Bertz CT molecular complexity index is 413. The molecule has 0 bridgehead atoms. The third-order valence-corrected chi connectivity index (χ3v) is 3.73. The van der Waals surface area contributed by atoms with Gasteiger partial charge in [-0.15, -0.1) is 0 Å². The van der Waals surface area contributed by atoms with E-state index in [0.29, 0.717) is 6.10 Å². The number of hydrogen-bond acceptors (Lipinski definition) is 4. The van der Waals surface area contributed by atoms with Crippen molar-refractivity contribution in [2.45, 2.75) is 44.9 Å². The first-order valence-electron chi connectivity index (χ1n) is 7.87. The van der Waals surface area contributed by atoms with E-state index in [2.05, 4.69) is 24.1 Å². The normalized spacial score (nSPS) is 20.2. The van der Waals surface area contributed by atoms with Gasteiger partial charge in [-0.1, -0.05) is 12.1 Å². The first kappa shape index (κ1) is 16.3. The molecule has 2 atom stereocenters. The van der Waals surface area contributed by atoms with Crippen molar-refractivity contribution in [3.63, 3.8) is 0 Å². The quantitative estimate of drug-likeness (QED) is 0.839. The van der Waals surface area contributed by atoms with E-state index in [-0.39, 0.29) is 12.1 Å². The van der Waals surface area contributed by atoms with Gasteiger partial charge in [-0.05, 0) is 51.4 Å². The fourth-order valence-electron chi connectivity index (χ4n) is 2.72. The van der Waals surface area contributed by atoms with Crippen molar-refractivity contribution in [1.29, 1.82) is 0 Å². The summed E-state index contributed by atoms with van der Waals surface area (Å²) >= 11 is 0. The average Bonchev–Trinajstić information content (AvgIpc) is 2.91. The molecule has 1 aliphatic heterocycles. The molecule has 1 heterocycles. The van der Waals surface area contributed by atoms with Crippen molar-refractivity contribution in [3.05, 3.63) is 29.8 Å². The van der Waals surface area contributed by atoms with Gasteiger partial charge >= 0.3 is 0 Å². The number of likely N-dealkylation sites (N-methyl/N-ethyl adjacent to an activating group) is 1. The Hall–Kier alpha value is -1.10. The van der Waals surface area contributed by atoms with E-state index < -0.39 is 0 Å². The second kappa shape index (κ2) is 7.78. The van der Waals surface area contributed by atoms with Crippen molar-refractivity contribution in [1.82, 2.24) is 4.90 Å². The van der Waals surface area contributed by atoms with E-state index in [9.17, 15) is 0 Å².